The second-order valence-electron chi connectivity index (χ2n) is 12.9. The summed E-state index contributed by atoms with van der Waals surface area (Å²) in [5.74, 6) is 1.93. The minimum atomic E-state index is -0.208. The summed E-state index contributed by atoms with van der Waals surface area (Å²) >= 11 is 1.82. The average molecular weight is 621 g/mol. The summed E-state index contributed by atoms with van der Waals surface area (Å²) in [6.07, 6.45) is 0. The summed E-state index contributed by atoms with van der Waals surface area (Å²) in [6.45, 7) is 4.68. The molecule has 47 heavy (non-hydrogen) atoms. The molecule has 0 radical (unpaired) electrons. The fraction of sp³-hybridized carbons (Fsp3) is 0.0714. The Bertz CT molecular complexity index is 2720. The molecule has 3 heterocycles. The van der Waals surface area contributed by atoms with E-state index in [2.05, 4.69) is 134 Å². The van der Waals surface area contributed by atoms with Gasteiger partial charge in [-0.1, -0.05) is 117 Å². The van der Waals surface area contributed by atoms with Crippen LogP contribution >= 0.6 is 11.3 Å². The highest BCUT2D eigenvalue weighted by molar-refractivity contribution is 7.25. The van der Waals surface area contributed by atoms with E-state index < -0.39 is 0 Å². The molecule has 0 amide bonds. The van der Waals surface area contributed by atoms with Crippen LogP contribution < -0.4 is 0 Å². The summed E-state index contributed by atoms with van der Waals surface area (Å²) in [5, 5.41) is 4.87. The molecule has 0 fully saturated rings. The van der Waals surface area contributed by atoms with E-state index in [1.54, 1.807) is 0 Å². The first-order valence-electron chi connectivity index (χ1n) is 16.0. The van der Waals surface area contributed by atoms with Crippen LogP contribution in [0.3, 0.4) is 0 Å². The Hall–Kier alpha value is -5.65. The summed E-state index contributed by atoms with van der Waals surface area (Å²) in [5.41, 5.74) is 9.18. The van der Waals surface area contributed by atoms with Crippen LogP contribution in [0, 0.1) is 0 Å². The minimum absolute atomic E-state index is 0.208. The number of para-hydroxylation sites is 1. The lowest BCUT2D eigenvalue weighted by molar-refractivity contribution is 0.663. The molecule has 4 nitrogen and oxygen atoms in total. The molecule has 0 saturated heterocycles. The molecule has 5 heteroatoms. The fourth-order valence-corrected chi connectivity index (χ4v) is 8.78. The van der Waals surface area contributed by atoms with Gasteiger partial charge in [-0.15, -0.1) is 11.3 Å². The summed E-state index contributed by atoms with van der Waals surface area (Å²) in [6, 6.07) is 47.4. The number of hydrogen-bond acceptors (Lipinski definition) is 4. The van der Waals surface area contributed by atoms with Crippen LogP contribution in [0.4, 0.5) is 0 Å². The number of benzene rings is 6. The second-order valence-corrected chi connectivity index (χ2v) is 13.9. The zero-order valence-corrected chi connectivity index (χ0v) is 26.7. The average Bonchev–Trinajstić information content (AvgIpc) is 3.74. The Kier molecular flexibility index (Phi) is 5.47. The quantitative estimate of drug-likeness (QED) is 0.197. The van der Waals surface area contributed by atoms with E-state index in [1.807, 2.05) is 29.5 Å². The molecule has 1 aliphatic carbocycles. The van der Waals surface area contributed by atoms with Gasteiger partial charge < -0.3 is 0 Å². The zero-order valence-electron chi connectivity index (χ0n) is 25.9. The van der Waals surface area contributed by atoms with Crippen molar-refractivity contribution in [1.29, 1.82) is 0 Å². The van der Waals surface area contributed by atoms with Crippen molar-refractivity contribution in [2.45, 2.75) is 19.3 Å². The van der Waals surface area contributed by atoms with Crippen LogP contribution in [0.25, 0.3) is 81.8 Å². The van der Waals surface area contributed by atoms with Crippen molar-refractivity contribution in [2.24, 2.45) is 0 Å². The normalized spacial score (nSPS) is 13.5. The number of nitrogens with zero attached hydrogens (tertiary/aromatic N) is 4. The summed E-state index contributed by atoms with van der Waals surface area (Å²) < 4.78 is 4.82. The predicted octanol–water partition coefficient (Wildman–Crippen LogP) is 11.0. The number of thiophene rings is 1. The van der Waals surface area contributed by atoms with Crippen molar-refractivity contribution < 1.29 is 0 Å². The Morgan fingerprint density at radius 1 is 0.532 bits per heavy atom. The van der Waals surface area contributed by atoms with Gasteiger partial charge in [-0.3, -0.25) is 4.57 Å². The van der Waals surface area contributed by atoms with Crippen LogP contribution in [-0.2, 0) is 5.41 Å². The van der Waals surface area contributed by atoms with Gasteiger partial charge in [0.05, 0.1) is 11.0 Å². The largest absolute Gasteiger partial charge is 0.277 e. The first-order chi connectivity index (χ1) is 23.1. The fourth-order valence-electron chi connectivity index (χ4n) is 7.70. The molecule has 0 spiro atoms. The zero-order chi connectivity index (χ0) is 31.3. The van der Waals surface area contributed by atoms with E-state index in [-0.39, 0.29) is 5.41 Å². The summed E-state index contributed by atoms with van der Waals surface area (Å²) in [4.78, 5) is 15.7. The van der Waals surface area contributed by atoms with E-state index >= 15 is 0 Å². The van der Waals surface area contributed by atoms with Gasteiger partial charge in [-0.25, -0.2) is 4.98 Å². The van der Waals surface area contributed by atoms with Crippen LogP contribution in [0.5, 0.6) is 0 Å². The molecule has 222 valence electrons. The molecule has 0 bridgehead atoms. The van der Waals surface area contributed by atoms with Gasteiger partial charge in [0.1, 0.15) is 0 Å². The number of hydrogen-bond donors (Lipinski definition) is 0. The van der Waals surface area contributed by atoms with Crippen LogP contribution in [0.15, 0.2) is 133 Å². The van der Waals surface area contributed by atoms with Gasteiger partial charge in [0, 0.05) is 47.5 Å². The lowest BCUT2D eigenvalue weighted by Crippen LogP contribution is -2.17. The van der Waals surface area contributed by atoms with Gasteiger partial charge in [-0.05, 0) is 52.6 Å². The third-order valence-corrected chi connectivity index (χ3v) is 11.0. The molecule has 1 aliphatic rings. The highest BCUT2D eigenvalue weighted by Crippen LogP contribution is 2.52. The van der Waals surface area contributed by atoms with Crippen LogP contribution in [0.2, 0.25) is 0 Å². The van der Waals surface area contributed by atoms with Crippen LogP contribution in [0.1, 0.15) is 25.0 Å². The molecule has 0 N–H and O–H groups in total. The molecule has 0 atom stereocenters. The van der Waals surface area contributed by atoms with Crippen molar-refractivity contribution in [1.82, 2.24) is 19.5 Å². The monoisotopic (exact) mass is 620 g/mol. The van der Waals surface area contributed by atoms with E-state index in [4.69, 9.17) is 15.0 Å². The van der Waals surface area contributed by atoms with Gasteiger partial charge in [-0.2, -0.15) is 9.97 Å². The maximum absolute atomic E-state index is 5.31. The third kappa shape index (κ3) is 3.78. The van der Waals surface area contributed by atoms with Crippen molar-refractivity contribution in [2.75, 3.05) is 0 Å². The topological polar surface area (TPSA) is 43.6 Å². The summed E-state index contributed by atoms with van der Waals surface area (Å²) in [7, 11) is 0. The minimum Gasteiger partial charge on any atom is -0.277 e. The molecule has 6 aromatic carbocycles. The predicted molar refractivity (Wildman–Crippen MR) is 195 cm³/mol. The molecule has 0 aliphatic heterocycles. The second kappa shape index (κ2) is 9.68. The van der Waals surface area contributed by atoms with Gasteiger partial charge in [0.2, 0.25) is 5.95 Å². The maximum Gasteiger partial charge on any atom is 0.238 e. The van der Waals surface area contributed by atoms with Crippen LogP contribution in [-0.4, -0.2) is 19.5 Å². The Labute approximate surface area is 275 Å². The Morgan fingerprint density at radius 3 is 2.11 bits per heavy atom. The van der Waals surface area contributed by atoms with Gasteiger partial charge >= 0.3 is 0 Å². The molecular weight excluding hydrogens is 593 g/mol. The van der Waals surface area contributed by atoms with E-state index in [1.165, 1.54) is 53.2 Å². The Balaban J connectivity index is 1.30. The SMILES string of the molecule is CC1(C)c2ccccc2-c2ccc3c4ccccc4n(-c4nc(-c5ccccc5)nc(-c5ccc6sc7ccccc7c6c5)n4)c3c21. The van der Waals surface area contributed by atoms with Crippen molar-refractivity contribution in [3.8, 4) is 39.9 Å². The highest BCUT2D eigenvalue weighted by atomic mass is 32.1. The molecule has 0 unspecified atom stereocenters. The number of fused-ring (bicyclic) bond motifs is 10. The maximum atomic E-state index is 5.31. The lowest BCUT2D eigenvalue weighted by atomic mass is 9.81. The molecule has 9 aromatic rings. The van der Waals surface area contributed by atoms with E-state index in [9.17, 15) is 0 Å². The first-order valence-corrected chi connectivity index (χ1v) is 16.8. The Morgan fingerprint density at radius 2 is 1.23 bits per heavy atom. The molecule has 10 rings (SSSR count). The molecular formula is C42H28N4S. The smallest absolute Gasteiger partial charge is 0.238 e. The van der Waals surface area contributed by atoms with Crippen molar-refractivity contribution in [3.63, 3.8) is 0 Å². The lowest BCUT2D eigenvalue weighted by Gasteiger charge is -2.23. The van der Waals surface area contributed by atoms with E-state index in [0.717, 1.165) is 22.2 Å². The van der Waals surface area contributed by atoms with Crippen molar-refractivity contribution in [3.05, 3.63) is 145 Å². The van der Waals surface area contributed by atoms with Crippen molar-refractivity contribution >= 4 is 53.3 Å². The third-order valence-electron chi connectivity index (χ3n) is 9.84. The standard InChI is InChI=1S/C42H28N4S/c1-42(2)33-17-9-6-14-27(33)30-21-22-31-28-15-7-10-18-34(28)46(38(31)37(30)42)41-44-39(25-12-4-3-5-13-25)43-40(45-41)26-20-23-36-32(24-26)29-16-8-11-19-35(29)47-36/h3-24H,1-2H3. The van der Waals surface area contributed by atoms with Gasteiger partial charge in [0.25, 0.3) is 0 Å². The van der Waals surface area contributed by atoms with E-state index in [0.29, 0.717) is 17.6 Å². The van der Waals surface area contributed by atoms with Gasteiger partial charge in [0.15, 0.2) is 11.6 Å². The number of rotatable bonds is 3. The molecule has 0 saturated carbocycles. The first kappa shape index (κ1) is 26.6. The highest BCUT2D eigenvalue weighted by Gasteiger charge is 2.38. The molecule has 3 aromatic heterocycles. The number of aromatic nitrogens is 4.